The van der Waals surface area contributed by atoms with Crippen LogP contribution < -0.4 is 5.32 Å². The van der Waals surface area contributed by atoms with E-state index in [9.17, 15) is 4.79 Å². The van der Waals surface area contributed by atoms with Crippen LogP contribution in [0.3, 0.4) is 0 Å². The third-order valence-corrected chi connectivity index (χ3v) is 4.55. The molecule has 1 heterocycles. The summed E-state index contributed by atoms with van der Waals surface area (Å²) in [4.78, 5) is 16.3. The quantitative estimate of drug-likeness (QED) is 0.890. The van der Waals surface area contributed by atoms with Crippen LogP contribution in [0.5, 0.6) is 0 Å². The maximum absolute atomic E-state index is 12.3. The molecular formula is C15H22Cl3N3O. The van der Waals surface area contributed by atoms with Crippen molar-refractivity contribution in [3.05, 3.63) is 33.8 Å². The Labute approximate surface area is 148 Å². The predicted molar refractivity (Wildman–Crippen MR) is 94.1 cm³/mol. The Morgan fingerprint density at radius 2 is 2.14 bits per heavy atom. The third kappa shape index (κ3) is 5.28. The molecule has 1 aliphatic heterocycles. The SMILES string of the molecule is C[C@@H]1CNCCN1CC(=O)N(C)Cc1ccc(Cl)c(Cl)c1.Cl. The lowest BCUT2D eigenvalue weighted by atomic mass is 10.2. The van der Waals surface area contributed by atoms with Gasteiger partial charge < -0.3 is 10.2 Å². The highest BCUT2D eigenvalue weighted by molar-refractivity contribution is 6.42. The molecule has 1 fully saturated rings. The molecule has 0 aliphatic carbocycles. The van der Waals surface area contributed by atoms with E-state index in [1.54, 1.807) is 17.0 Å². The van der Waals surface area contributed by atoms with E-state index >= 15 is 0 Å². The van der Waals surface area contributed by atoms with Gasteiger partial charge in [-0.2, -0.15) is 0 Å². The van der Waals surface area contributed by atoms with Crippen LogP contribution in [0.25, 0.3) is 0 Å². The zero-order valence-electron chi connectivity index (χ0n) is 12.8. The Morgan fingerprint density at radius 1 is 1.41 bits per heavy atom. The Morgan fingerprint density at radius 3 is 2.77 bits per heavy atom. The molecule has 0 aromatic heterocycles. The Kier molecular flexibility index (Phi) is 7.94. The zero-order chi connectivity index (χ0) is 15.4. The van der Waals surface area contributed by atoms with Gasteiger partial charge in [-0.25, -0.2) is 0 Å². The monoisotopic (exact) mass is 365 g/mol. The maximum atomic E-state index is 12.3. The van der Waals surface area contributed by atoms with Gasteiger partial charge in [0.25, 0.3) is 0 Å². The molecule has 0 saturated carbocycles. The number of carbonyl (C=O) groups is 1. The molecule has 1 amide bonds. The molecule has 7 heteroatoms. The fraction of sp³-hybridized carbons (Fsp3) is 0.533. The van der Waals surface area contributed by atoms with E-state index in [0.717, 1.165) is 25.2 Å². The molecule has 0 unspecified atom stereocenters. The number of likely N-dealkylation sites (N-methyl/N-ethyl adjacent to an activating group) is 1. The minimum atomic E-state index is 0. The number of halogens is 3. The number of piperazine rings is 1. The third-order valence-electron chi connectivity index (χ3n) is 3.81. The molecule has 22 heavy (non-hydrogen) atoms. The van der Waals surface area contributed by atoms with E-state index in [1.165, 1.54) is 0 Å². The number of hydrogen-bond donors (Lipinski definition) is 1. The minimum Gasteiger partial charge on any atom is -0.340 e. The van der Waals surface area contributed by atoms with Crippen LogP contribution in [0.4, 0.5) is 0 Å². The summed E-state index contributed by atoms with van der Waals surface area (Å²) in [5.74, 6) is 0.120. The average Bonchev–Trinajstić information content (AvgIpc) is 2.45. The highest BCUT2D eigenvalue weighted by Gasteiger charge is 2.21. The van der Waals surface area contributed by atoms with Crippen molar-refractivity contribution < 1.29 is 4.79 Å². The summed E-state index contributed by atoms with van der Waals surface area (Å²) in [7, 11) is 1.82. The van der Waals surface area contributed by atoms with Crippen molar-refractivity contribution in [3.63, 3.8) is 0 Å². The number of nitrogens with one attached hydrogen (secondary N) is 1. The van der Waals surface area contributed by atoms with Crippen LogP contribution in [0.1, 0.15) is 12.5 Å². The molecule has 0 spiro atoms. The van der Waals surface area contributed by atoms with Gasteiger partial charge in [0.2, 0.25) is 5.91 Å². The Bertz CT molecular complexity index is 513. The van der Waals surface area contributed by atoms with Gasteiger partial charge in [-0.1, -0.05) is 29.3 Å². The topological polar surface area (TPSA) is 35.6 Å². The van der Waals surface area contributed by atoms with Crippen molar-refractivity contribution in [1.29, 1.82) is 0 Å². The molecule has 1 aromatic carbocycles. The fourth-order valence-corrected chi connectivity index (χ4v) is 2.73. The number of nitrogens with zero attached hydrogens (tertiary/aromatic N) is 2. The summed E-state index contributed by atoms with van der Waals surface area (Å²) in [5, 5.41) is 4.38. The van der Waals surface area contributed by atoms with E-state index in [1.807, 2.05) is 13.1 Å². The van der Waals surface area contributed by atoms with Crippen molar-refractivity contribution in [2.24, 2.45) is 0 Å². The van der Waals surface area contributed by atoms with Crippen molar-refractivity contribution in [2.75, 3.05) is 33.2 Å². The molecule has 4 nitrogen and oxygen atoms in total. The van der Waals surface area contributed by atoms with Gasteiger partial charge in [0, 0.05) is 39.3 Å². The van der Waals surface area contributed by atoms with Crippen molar-refractivity contribution >= 4 is 41.5 Å². The Hall–Kier alpha value is -0.520. The van der Waals surface area contributed by atoms with E-state index < -0.39 is 0 Å². The number of rotatable bonds is 4. The second kappa shape index (κ2) is 8.94. The molecule has 1 aromatic rings. The van der Waals surface area contributed by atoms with E-state index in [-0.39, 0.29) is 18.3 Å². The van der Waals surface area contributed by atoms with Crippen LogP contribution in [0.2, 0.25) is 10.0 Å². The normalized spacial score (nSPS) is 18.6. The molecule has 1 saturated heterocycles. The number of hydrogen-bond acceptors (Lipinski definition) is 3. The summed E-state index contributed by atoms with van der Waals surface area (Å²) < 4.78 is 0. The molecule has 1 aliphatic rings. The minimum absolute atomic E-state index is 0. The summed E-state index contributed by atoms with van der Waals surface area (Å²) in [6.45, 7) is 5.92. The molecule has 0 bridgehead atoms. The van der Waals surface area contributed by atoms with Gasteiger partial charge in [0.1, 0.15) is 0 Å². The molecule has 0 radical (unpaired) electrons. The van der Waals surface area contributed by atoms with Gasteiger partial charge >= 0.3 is 0 Å². The molecule has 1 N–H and O–H groups in total. The summed E-state index contributed by atoms with van der Waals surface area (Å²) in [5.41, 5.74) is 0.980. The van der Waals surface area contributed by atoms with Gasteiger partial charge in [-0.15, -0.1) is 12.4 Å². The predicted octanol–water partition coefficient (Wildman–Crippen LogP) is 2.67. The largest absolute Gasteiger partial charge is 0.340 e. The van der Waals surface area contributed by atoms with Crippen molar-refractivity contribution in [2.45, 2.75) is 19.5 Å². The number of amides is 1. The molecular weight excluding hydrogens is 345 g/mol. The lowest BCUT2D eigenvalue weighted by molar-refractivity contribution is -0.132. The molecule has 124 valence electrons. The highest BCUT2D eigenvalue weighted by atomic mass is 35.5. The van der Waals surface area contributed by atoms with E-state index in [2.05, 4.69) is 17.1 Å². The second-order valence-electron chi connectivity index (χ2n) is 5.52. The van der Waals surface area contributed by atoms with E-state index in [4.69, 9.17) is 23.2 Å². The maximum Gasteiger partial charge on any atom is 0.236 e. The van der Waals surface area contributed by atoms with Gasteiger partial charge in [0.15, 0.2) is 0 Å². The average molecular weight is 367 g/mol. The first kappa shape index (κ1) is 19.5. The molecule has 1 atom stereocenters. The summed E-state index contributed by atoms with van der Waals surface area (Å²) in [6.07, 6.45) is 0. The van der Waals surface area contributed by atoms with Gasteiger partial charge in [-0.05, 0) is 24.6 Å². The Balaban J connectivity index is 0.00000242. The zero-order valence-corrected chi connectivity index (χ0v) is 15.1. The summed E-state index contributed by atoms with van der Waals surface area (Å²) >= 11 is 11.9. The van der Waals surface area contributed by atoms with Crippen molar-refractivity contribution in [1.82, 2.24) is 15.1 Å². The highest BCUT2D eigenvalue weighted by Crippen LogP contribution is 2.23. The van der Waals surface area contributed by atoms with Crippen LogP contribution in [0.15, 0.2) is 18.2 Å². The van der Waals surface area contributed by atoms with E-state index in [0.29, 0.717) is 29.2 Å². The van der Waals surface area contributed by atoms with Crippen molar-refractivity contribution in [3.8, 4) is 0 Å². The standard InChI is InChI=1S/C15H21Cl2N3O.ClH/c1-11-8-18-5-6-20(11)10-15(21)19(2)9-12-3-4-13(16)14(17)7-12;/h3-4,7,11,18H,5-6,8-10H2,1-2H3;1H/t11-;/m1./s1. The second-order valence-corrected chi connectivity index (χ2v) is 6.34. The number of carbonyl (C=O) groups excluding carboxylic acids is 1. The van der Waals surface area contributed by atoms with Crippen LogP contribution in [-0.2, 0) is 11.3 Å². The smallest absolute Gasteiger partial charge is 0.236 e. The molecule has 2 rings (SSSR count). The van der Waals surface area contributed by atoms with Crippen LogP contribution >= 0.6 is 35.6 Å². The lowest BCUT2D eigenvalue weighted by Gasteiger charge is -2.34. The first-order valence-corrected chi connectivity index (χ1v) is 7.85. The van der Waals surface area contributed by atoms with Gasteiger partial charge in [0.05, 0.1) is 16.6 Å². The van der Waals surface area contributed by atoms with Crippen LogP contribution in [-0.4, -0.2) is 55.0 Å². The fourth-order valence-electron chi connectivity index (χ4n) is 2.41. The summed E-state index contributed by atoms with van der Waals surface area (Å²) in [6, 6.07) is 5.85. The lowest BCUT2D eigenvalue weighted by Crippen LogP contribution is -2.52. The van der Waals surface area contributed by atoms with Gasteiger partial charge in [-0.3, -0.25) is 9.69 Å². The first-order chi connectivity index (χ1) is 9.97. The van der Waals surface area contributed by atoms with Crippen LogP contribution in [0, 0.1) is 0 Å². The number of benzene rings is 1. The first-order valence-electron chi connectivity index (χ1n) is 7.10.